The molecule has 0 unspecified atom stereocenters. The van der Waals surface area contributed by atoms with Crippen LogP contribution in [0.4, 0.5) is 11.4 Å². The highest BCUT2D eigenvalue weighted by Gasteiger charge is 2.18. The lowest BCUT2D eigenvalue weighted by Crippen LogP contribution is -2.28. The average Bonchev–Trinajstić information content (AvgIpc) is 3.15. The van der Waals surface area contributed by atoms with Crippen LogP contribution < -0.4 is 21.7 Å². The number of H-pyrrole nitrogens is 1. The largest absolute Gasteiger partial charge is 0.383 e. The molecule has 6 N–H and O–H groups in total. The number of primary sulfonamides is 1. The summed E-state index contributed by atoms with van der Waals surface area (Å²) in [5.41, 5.74) is 7.07. The molecule has 0 bridgehead atoms. The lowest BCUT2D eigenvalue weighted by atomic mass is 10.1. The molecule has 1 aromatic heterocycles. The minimum atomic E-state index is -3.77. The third-order valence-corrected chi connectivity index (χ3v) is 5.28. The molecule has 1 saturated carbocycles. The number of nitrogens with zero attached hydrogens (tertiary/aromatic N) is 2. The Bertz CT molecular complexity index is 1060. The fourth-order valence-electron chi connectivity index (χ4n) is 3.05. The van der Waals surface area contributed by atoms with Gasteiger partial charge in [0.25, 0.3) is 5.56 Å². The minimum absolute atomic E-state index is 0.0174. The van der Waals surface area contributed by atoms with Crippen LogP contribution in [0, 0.1) is 11.3 Å². The maximum Gasteiger partial charge on any atom is 0.261 e. The summed E-state index contributed by atoms with van der Waals surface area (Å²) in [5, 5.41) is 15.8. The summed E-state index contributed by atoms with van der Waals surface area (Å²) in [4.78, 5) is 19.1. The number of amidine groups is 1. The van der Waals surface area contributed by atoms with Gasteiger partial charge in [-0.15, -0.1) is 0 Å². The van der Waals surface area contributed by atoms with E-state index < -0.39 is 10.0 Å². The molecule has 0 atom stereocenters. The number of aromatic nitrogens is 1. The summed E-state index contributed by atoms with van der Waals surface area (Å²) >= 11 is 0. The van der Waals surface area contributed by atoms with Crippen molar-refractivity contribution >= 4 is 27.2 Å². The van der Waals surface area contributed by atoms with Crippen molar-refractivity contribution in [3.8, 4) is 6.07 Å². The van der Waals surface area contributed by atoms with E-state index in [2.05, 4.69) is 15.3 Å². The van der Waals surface area contributed by atoms with E-state index in [1.54, 1.807) is 18.3 Å². The van der Waals surface area contributed by atoms with Gasteiger partial charge in [-0.2, -0.15) is 5.26 Å². The summed E-state index contributed by atoms with van der Waals surface area (Å²) in [6, 6.07) is 9.48. The maximum atomic E-state index is 12.3. The third kappa shape index (κ3) is 6.17. The Balaban J connectivity index is 0.000000941. The van der Waals surface area contributed by atoms with Gasteiger partial charge in [0.2, 0.25) is 10.0 Å². The molecule has 29 heavy (non-hydrogen) atoms. The number of hydrogen-bond donors (Lipinski definition) is 4. The molecule has 0 aliphatic heterocycles. The standard InChI is InChI=1S/C17H21N5O3S.C2H3N/c18-16(22-12-5-7-13(8-6-12)26(19,24)25)15-14(9-10-20-17(15)23)21-11-3-1-2-4-11;1-2-3/h5-11H,1-4H2,(H2,18,22)(H2,19,24,25)(H2,20,21,23);1H3. The van der Waals surface area contributed by atoms with Crippen LogP contribution in [-0.2, 0) is 10.0 Å². The number of aromatic amines is 1. The summed E-state index contributed by atoms with van der Waals surface area (Å²) in [5.74, 6) is 0.0516. The molecular formula is C19H24N6O3S. The number of nitriles is 1. The average molecular weight is 417 g/mol. The molecule has 0 spiro atoms. The molecule has 0 saturated heterocycles. The molecular weight excluding hydrogens is 392 g/mol. The Kier molecular flexibility index (Phi) is 7.52. The third-order valence-electron chi connectivity index (χ3n) is 4.35. The first-order chi connectivity index (χ1) is 13.8. The van der Waals surface area contributed by atoms with E-state index in [1.807, 2.05) is 0 Å². The van der Waals surface area contributed by atoms with E-state index in [-0.39, 0.29) is 21.9 Å². The van der Waals surface area contributed by atoms with E-state index in [9.17, 15) is 13.2 Å². The lowest BCUT2D eigenvalue weighted by molar-refractivity contribution is 0.598. The van der Waals surface area contributed by atoms with Crippen LogP contribution in [0.3, 0.4) is 0 Å². The highest BCUT2D eigenvalue weighted by molar-refractivity contribution is 7.89. The number of anilines is 1. The summed E-state index contributed by atoms with van der Waals surface area (Å²) in [7, 11) is -3.77. The monoisotopic (exact) mass is 416 g/mol. The molecule has 9 nitrogen and oxygen atoms in total. The zero-order valence-corrected chi connectivity index (χ0v) is 16.9. The van der Waals surface area contributed by atoms with Gasteiger partial charge < -0.3 is 16.0 Å². The first-order valence-corrected chi connectivity index (χ1v) is 10.6. The molecule has 0 amide bonds. The summed E-state index contributed by atoms with van der Waals surface area (Å²) < 4.78 is 22.6. The van der Waals surface area contributed by atoms with Gasteiger partial charge in [0.15, 0.2) is 0 Å². The summed E-state index contributed by atoms with van der Waals surface area (Å²) in [6.07, 6.45) is 6.00. The predicted molar refractivity (Wildman–Crippen MR) is 112 cm³/mol. The number of sulfonamides is 1. The number of aliphatic imine (C=N–C) groups is 1. The van der Waals surface area contributed by atoms with Crippen molar-refractivity contribution in [1.29, 1.82) is 5.26 Å². The SMILES string of the molecule is CC#N.NC(=Nc1ccc(S(N)(=O)=O)cc1)c1c(NC2CCCC2)cc[nH]c1=O. The van der Waals surface area contributed by atoms with E-state index >= 15 is 0 Å². The Labute approximate surface area is 169 Å². The minimum Gasteiger partial charge on any atom is -0.383 e. The Morgan fingerprint density at radius 2 is 1.83 bits per heavy atom. The number of rotatable bonds is 5. The Hall–Kier alpha value is -3.16. The smallest absolute Gasteiger partial charge is 0.261 e. The molecule has 0 radical (unpaired) electrons. The molecule has 1 aromatic carbocycles. The van der Waals surface area contributed by atoms with E-state index in [0.717, 1.165) is 25.7 Å². The van der Waals surface area contributed by atoms with Crippen molar-refractivity contribution in [3.63, 3.8) is 0 Å². The number of benzene rings is 1. The Morgan fingerprint density at radius 1 is 1.24 bits per heavy atom. The van der Waals surface area contributed by atoms with Gasteiger partial charge in [-0.05, 0) is 43.2 Å². The molecule has 1 aliphatic rings. The maximum absolute atomic E-state index is 12.3. The van der Waals surface area contributed by atoms with E-state index in [4.69, 9.17) is 16.1 Å². The molecule has 154 valence electrons. The second-order valence-corrected chi connectivity index (χ2v) is 8.04. The van der Waals surface area contributed by atoms with Gasteiger partial charge >= 0.3 is 0 Å². The first kappa shape index (κ1) is 22.1. The normalized spacial score (nSPS) is 14.6. The van der Waals surface area contributed by atoms with Crippen molar-refractivity contribution in [2.45, 2.75) is 43.5 Å². The molecule has 1 aliphatic carbocycles. The molecule has 3 rings (SSSR count). The Morgan fingerprint density at radius 3 is 2.38 bits per heavy atom. The van der Waals surface area contributed by atoms with Gasteiger partial charge in [-0.1, -0.05) is 12.8 Å². The highest BCUT2D eigenvalue weighted by Crippen LogP contribution is 2.23. The lowest BCUT2D eigenvalue weighted by Gasteiger charge is -2.16. The van der Waals surface area contributed by atoms with Crippen LogP contribution in [0.1, 0.15) is 38.2 Å². The van der Waals surface area contributed by atoms with Crippen LogP contribution in [0.2, 0.25) is 0 Å². The number of nitrogens with one attached hydrogen (secondary N) is 2. The second-order valence-electron chi connectivity index (χ2n) is 6.48. The van der Waals surface area contributed by atoms with Crippen LogP contribution in [0.25, 0.3) is 0 Å². The van der Waals surface area contributed by atoms with Crippen molar-refractivity contribution in [3.05, 3.63) is 52.4 Å². The fourth-order valence-corrected chi connectivity index (χ4v) is 3.56. The molecule has 1 heterocycles. The van der Waals surface area contributed by atoms with Crippen LogP contribution in [0.15, 0.2) is 51.2 Å². The number of pyridine rings is 1. The molecule has 2 aromatic rings. The second kappa shape index (κ2) is 9.86. The van der Waals surface area contributed by atoms with E-state index in [1.165, 1.54) is 31.2 Å². The first-order valence-electron chi connectivity index (χ1n) is 9.02. The predicted octanol–water partition coefficient (Wildman–Crippen LogP) is 1.94. The van der Waals surface area contributed by atoms with Crippen molar-refractivity contribution < 1.29 is 8.42 Å². The zero-order chi connectivity index (χ0) is 21.4. The molecule has 10 heteroatoms. The van der Waals surface area contributed by atoms with Crippen LogP contribution in [0.5, 0.6) is 0 Å². The fraction of sp³-hybridized carbons (Fsp3) is 0.316. The van der Waals surface area contributed by atoms with Gasteiger partial charge in [-0.3, -0.25) is 4.79 Å². The number of hydrogen-bond acceptors (Lipinski definition) is 6. The van der Waals surface area contributed by atoms with Gasteiger partial charge in [0.1, 0.15) is 11.4 Å². The van der Waals surface area contributed by atoms with Crippen LogP contribution in [-0.4, -0.2) is 25.3 Å². The van der Waals surface area contributed by atoms with Crippen molar-refractivity contribution in [1.82, 2.24) is 4.98 Å². The highest BCUT2D eigenvalue weighted by atomic mass is 32.2. The van der Waals surface area contributed by atoms with Crippen molar-refractivity contribution in [2.24, 2.45) is 15.9 Å². The quantitative estimate of drug-likeness (QED) is 0.429. The van der Waals surface area contributed by atoms with Crippen LogP contribution >= 0.6 is 0 Å². The van der Waals surface area contributed by atoms with E-state index in [0.29, 0.717) is 17.4 Å². The zero-order valence-electron chi connectivity index (χ0n) is 16.1. The number of nitrogens with two attached hydrogens (primary N) is 2. The van der Waals surface area contributed by atoms with Gasteiger partial charge in [0, 0.05) is 19.2 Å². The van der Waals surface area contributed by atoms with Gasteiger partial charge in [-0.25, -0.2) is 18.5 Å². The topological polar surface area (TPSA) is 167 Å². The summed E-state index contributed by atoms with van der Waals surface area (Å²) in [6.45, 7) is 1.43. The molecule has 1 fully saturated rings. The van der Waals surface area contributed by atoms with Crippen molar-refractivity contribution in [2.75, 3.05) is 5.32 Å². The van der Waals surface area contributed by atoms with Gasteiger partial charge in [0.05, 0.1) is 22.3 Å².